The highest BCUT2D eigenvalue weighted by atomic mass is 16.5. The van der Waals surface area contributed by atoms with E-state index in [1.165, 1.54) is 6.26 Å². The SMILES string of the molecule is COc1ccc(-c2cc(C(=O)Nc3ccc(-c4nccn4-c4ccnc(NC[C@H](C)O)n4)cc3)co2)cc1. The Hall–Kier alpha value is -4.96. The number of anilines is 2. The van der Waals surface area contributed by atoms with Gasteiger partial charge < -0.3 is 24.9 Å². The number of imidazole rings is 1. The molecule has 0 bridgehead atoms. The van der Waals surface area contributed by atoms with Crippen molar-refractivity contribution in [1.29, 1.82) is 0 Å². The minimum absolute atomic E-state index is 0.277. The fourth-order valence-corrected chi connectivity index (χ4v) is 3.78. The number of rotatable bonds is 9. The van der Waals surface area contributed by atoms with Gasteiger partial charge in [-0.3, -0.25) is 9.36 Å². The Morgan fingerprint density at radius 3 is 2.55 bits per heavy atom. The molecule has 0 spiro atoms. The van der Waals surface area contributed by atoms with E-state index in [4.69, 9.17) is 9.15 Å². The molecule has 3 heterocycles. The molecule has 1 amide bonds. The quantitative estimate of drug-likeness (QED) is 0.262. The van der Waals surface area contributed by atoms with Gasteiger partial charge in [-0.15, -0.1) is 0 Å². The monoisotopic (exact) mass is 510 g/mol. The third kappa shape index (κ3) is 5.55. The molecule has 10 nitrogen and oxygen atoms in total. The zero-order valence-corrected chi connectivity index (χ0v) is 20.8. The zero-order valence-electron chi connectivity index (χ0n) is 20.8. The maximum atomic E-state index is 12.8. The highest BCUT2D eigenvalue weighted by Crippen LogP contribution is 2.26. The van der Waals surface area contributed by atoms with Crippen LogP contribution >= 0.6 is 0 Å². The molecule has 0 saturated carbocycles. The number of nitrogens with zero attached hydrogens (tertiary/aromatic N) is 4. The van der Waals surface area contributed by atoms with E-state index in [0.29, 0.717) is 41.1 Å². The summed E-state index contributed by atoms with van der Waals surface area (Å²) < 4.78 is 12.6. The Balaban J connectivity index is 1.28. The van der Waals surface area contributed by atoms with Crippen LogP contribution in [0.25, 0.3) is 28.5 Å². The molecule has 1 atom stereocenters. The molecule has 0 saturated heterocycles. The summed E-state index contributed by atoms with van der Waals surface area (Å²) in [4.78, 5) is 26.0. The third-order valence-corrected chi connectivity index (χ3v) is 5.72. The number of hydrogen-bond acceptors (Lipinski definition) is 8. The first-order chi connectivity index (χ1) is 18.5. The normalized spacial score (nSPS) is 11.7. The van der Waals surface area contributed by atoms with Crippen molar-refractivity contribution >= 4 is 17.5 Å². The molecule has 0 fully saturated rings. The molecule has 0 unspecified atom stereocenters. The number of methoxy groups -OCH3 is 1. The molecule has 2 aromatic carbocycles. The average molecular weight is 511 g/mol. The summed E-state index contributed by atoms with van der Waals surface area (Å²) in [5.41, 5.74) is 2.74. The van der Waals surface area contributed by atoms with Crippen LogP contribution in [-0.4, -0.2) is 50.3 Å². The minimum atomic E-state index is -0.519. The summed E-state index contributed by atoms with van der Waals surface area (Å²) in [6.45, 7) is 2.03. The van der Waals surface area contributed by atoms with Crippen LogP contribution in [0.15, 0.2) is 89.9 Å². The molecular weight excluding hydrogens is 484 g/mol. The molecule has 10 heteroatoms. The van der Waals surface area contributed by atoms with Crippen molar-refractivity contribution in [3.8, 4) is 34.3 Å². The van der Waals surface area contributed by atoms with Crippen molar-refractivity contribution in [1.82, 2.24) is 19.5 Å². The molecule has 3 aromatic heterocycles. The second-order valence-corrected chi connectivity index (χ2v) is 8.55. The van der Waals surface area contributed by atoms with Gasteiger partial charge in [-0.2, -0.15) is 4.98 Å². The minimum Gasteiger partial charge on any atom is -0.497 e. The molecule has 5 aromatic rings. The average Bonchev–Trinajstić information content (AvgIpc) is 3.63. The lowest BCUT2D eigenvalue weighted by molar-refractivity contribution is 0.102. The van der Waals surface area contributed by atoms with Gasteiger partial charge in [0.1, 0.15) is 29.4 Å². The number of furan rings is 1. The number of amides is 1. The number of aliphatic hydroxyl groups is 1. The first kappa shape index (κ1) is 24.7. The summed E-state index contributed by atoms with van der Waals surface area (Å²) in [6.07, 6.45) is 6.06. The highest BCUT2D eigenvalue weighted by Gasteiger charge is 2.14. The molecule has 0 aliphatic rings. The van der Waals surface area contributed by atoms with Crippen LogP contribution in [0.3, 0.4) is 0 Å². The van der Waals surface area contributed by atoms with Crippen LogP contribution in [0.5, 0.6) is 5.75 Å². The number of aliphatic hydroxyl groups excluding tert-OH is 1. The van der Waals surface area contributed by atoms with Crippen molar-refractivity contribution in [2.45, 2.75) is 13.0 Å². The maximum absolute atomic E-state index is 12.8. The van der Waals surface area contributed by atoms with Crippen molar-refractivity contribution in [3.63, 3.8) is 0 Å². The van der Waals surface area contributed by atoms with Gasteiger partial charge in [0.25, 0.3) is 5.91 Å². The molecule has 0 radical (unpaired) electrons. The fraction of sp³-hybridized carbons (Fsp3) is 0.143. The standard InChI is InChI=1S/C28H26N6O4/c1-18(35)16-31-28-30-12-11-25(33-28)34-14-13-29-26(34)20-3-7-22(8-4-20)32-27(36)21-15-24(38-17-21)19-5-9-23(37-2)10-6-19/h3-15,17-18,35H,16H2,1-2H3,(H,32,36)(H,30,31,33)/t18-/m0/s1. The van der Waals surface area contributed by atoms with Gasteiger partial charge in [-0.1, -0.05) is 0 Å². The fourth-order valence-electron chi connectivity index (χ4n) is 3.78. The number of aromatic nitrogens is 4. The van der Waals surface area contributed by atoms with Gasteiger partial charge in [-0.25, -0.2) is 9.97 Å². The van der Waals surface area contributed by atoms with Gasteiger partial charge in [0.05, 0.1) is 18.8 Å². The van der Waals surface area contributed by atoms with Crippen molar-refractivity contribution in [2.75, 3.05) is 24.3 Å². The predicted molar refractivity (Wildman–Crippen MR) is 143 cm³/mol. The van der Waals surface area contributed by atoms with Gasteiger partial charge in [0.15, 0.2) is 0 Å². The second kappa shape index (κ2) is 11.0. The van der Waals surface area contributed by atoms with Crippen molar-refractivity contribution in [2.24, 2.45) is 0 Å². The van der Waals surface area contributed by atoms with Crippen LogP contribution < -0.4 is 15.4 Å². The largest absolute Gasteiger partial charge is 0.497 e. The Morgan fingerprint density at radius 2 is 1.82 bits per heavy atom. The smallest absolute Gasteiger partial charge is 0.258 e. The van der Waals surface area contributed by atoms with Crippen LogP contribution in [0.1, 0.15) is 17.3 Å². The van der Waals surface area contributed by atoms with Crippen LogP contribution in [-0.2, 0) is 0 Å². The highest BCUT2D eigenvalue weighted by molar-refractivity contribution is 6.04. The predicted octanol–water partition coefficient (Wildman–Crippen LogP) is 4.64. The number of hydrogen-bond donors (Lipinski definition) is 3. The maximum Gasteiger partial charge on any atom is 0.258 e. The summed E-state index contributed by atoms with van der Waals surface area (Å²) in [6, 6.07) is 18.3. The number of carbonyl (C=O) groups excluding carboxylic acids is 1. The van der Waals surface area contributed by atoms with Crippen molar-refractivity contribution in [3.05, 3.63) is 91.1 Å². The summed E-state index contributed by atoms with van der Waals surface area (Å²) in [5.74, 6) is 2.79. The Labute approximate surface area is 219 Å². The van der Waals surface area contributed by atoms with E-state index in [1.807, 2.05) is 59.3 Å². The molecular formula is C28H26N6O4. The molecule has 0 aliphatic carbocycles. The lowest BCUT2D eigenvalue weighted by Crippen LogP contribution is -2.17. The number of nitrogens with one attached hydrogen (secondary N) is 2. The zero-order chi connectivity index (χ0) is 26.5. The number of benzene rings is 2. The van der Waals surface area contributed by atoms with Crippen LogP contribution in [0.2, 0.25) is 0 Å². The molecule has 38 heavy (non-hydrogen) atoms. The summed E-state index contributed by atoms with van der Waals surface area (Å²) in [7, 11) is 1.61. The van der Waals surface area contributed by atoms with E-state index in [2.05, 4.69) is 25.6 Å². The van der Waals surface area contributed by atoms with Crippen LogP contribution in [0, 0.1) is 0 Å². The molecule has 0 aliphatic heterocycles. The lowest BCUT2D eigenvalue weighted by atomic mass is 10.1. The van der Waals surface area contributed by atoms with E-state index in [0.717, 1.165) is 16.9 Å². The summed E-state index contributed by atoms with van der Waals surface area (Å²) in [5, 5.41) is 15.4. The van der Waals surface area contributed by atoms with E-state index < -0.39 is 6.10 Å². The molecule has 3 N–H and O–H groups in total. The topological polar surface area (TPSA) is 127 Å². The first-order valence-electron chi connectivity index (χ1n) is 11.9. The summed E-state index contributed by atoms with van der Waals surface area (Å²) >= 11 is 0. The van der Waals surface area contributed by atoms with Crippen molar-refractivity contribution < 1.29 is 19.1 Å². The lowest BCUT2D eigenvalue weighted by Gasteiger charge is -2.11. The molecule has 192 valence electrons. The number of carbonyl (C=O) groups is 1. The van der Waals surface area contributed by atoms with E-state index in [1.54, 1.807) is 38.6 Å². The Bertz CT molecular complexity index is 1520. The molecule has 5 rings (SSSR count). The third-order valence-electron chi connectivity index (χ3n) is 5.72. The van der Waals surface area contributed by atoms with Crippen LogP contribution in [0.4, 0.5) is 11.6 Å². The van der Waals surface area contributed by atoms with E-state index >= 15 is 0 Å². The Morgan fingerprint density at radius 1 is 1.05 bits per heavy atom. The van der Waals surface area contributed by atoms with E-state index in [9.17, 15) is 9.90 Å². The van der Waals surface area contributed by atoms with Gasteiger partial charge in [0, 0.05) is 41.9 Å². The second-order valence-electron chi connectivity index (χ2n) is 8.55. The number of ether oxygens (including phenoxy) is 1. The van der Waals surface area contributed by atoms with E-state index in [-0.39, 0.29) is 5.91 Å². The first-order valence-corrected chi connectivity index (χ1v) is 11.9. The Kier molecular flexibility index (Phi) is 7.14. The van der Waals surface area contributed by atoms with Gasteiger partial charge in [-0.05, 0) is 67.6 Å². The van der Waals surface area contributed by atoms with Gasteiger partial charge in [0.2, 0.25) is 5.95 Å². The van der Waals surface area contributed by atoms with Gasteiger partial charge >= 0.3 is 0 Å².